The molecule has 0 aromatic carbocycles. The Labute approximate surface area is 82.1 Å². The first kappa shape index (κ1) is 10.6. The molecular weight excluding hydrogens is 184 g/mol. The van der Waals surface area contributed by atoms with Crippen LogP contribution in [0.15, 0.2) is 6.20 Å². The first-order valence-corrected chi connectivity index (χ1v) is 4.41. The number of aliphatic hydroxyl groups is 1. The Morgan fingerprint density at radius 1 is 1.71 bits per heavy atom. The van der Waals surface area contributed by atoms with E-state index < -0.39 is 0 Å². The van der Waals surface area contributed by atoms with Gasteiger partial charge >= 0.3 is 0 Å². The van der Waals surface area contributed by atoms with Crippen molar-refractivity contribution in [3.63, 3.8) is 0 Å². The SMILES string of the molecule is CCN(C)C(=O)Cn1cc(CO)nn1. The molecule has 0 atom stereocenters. The van der Waals surface area contributed by atoms with Crippen LogP contribution in [-0.4, -0.2) is 44.5 Å². The molecule has 1 rings (SSSR count). The lowest BCUT2D eigenvalue weighted by molar-refractivity contribution is -0.130. The molecule has 78 valence electrons. The van der Waals surface area contributed by atoms with Crippen molar-refractivity contribution in [2.24, 2.45) is 0 Å². The van der Waals surface area contributed by atoms with Gasteiger partial charge in [-0.1, -0.05) is 5.21 Å². The summed E-state index contributed by atoms with van der Waals surface area (Å²) in [7, 11) is 1.73. The maximum Gasteiger partial charge on any atom is 0.244 e. The van der Waals surface area contributed by atoms with E-state index in [4.69, 9.17) is 5.11 Å². The van der Waals surface area contributed by atoms with Crippen LogP contribution in [0, 0.1) is 0 Å². The highest BCUT2D eigenvalue weighted by atomic mass is 16.3. The van der Waals surface area contributed by atoms with Gasteiger partial charge in [0.1, 0.15) is 12.2 Å². The molecular formula is C8H14N4O2. The first-order chi connectivity index (χ1) is 6.67. The van der Waals surface area contributed by atoms with Gasteiger partial charge in [0.2, 0.25) is 5.91 Å². The van der Waals surface area contributed by atoms with Gasteiger partial charge in [-0.15, -0.1) is 5.10 Å². The molecule has 0 fully saturated rings. The van der Waals surface area contributed by atoms with E-state index in [-0.39, 0.29) is 19.1 Å². The van der Waals surface area contributed by atoms with Gasteiger partial charge in [0.05, 0.1) is 12.8 Å². The topological polar surface area (TPSA) is 71.2 Å². The van der Waals surface area contributed by atoms with Crippen molar-refractivity contribution in [2.75, 3.05) is 13.6 Å². The summed E-state index contributed by atoms with van der Waals surface area (Å²) in [4.78, 5) is 13.0. The van der Waals surface area contributed by atoms with Crippen LogP contribution >= 0.6 is 0 Å². The van der Waals surface area contributed by atoms with Crippen LogP contribution < -0.4 is 0 Å². The third-order valence-corrected chi connectivity index (χ3v) is 1.95. The van der Waals surface area contributed by atoms with Crippen LogP contribution in [0.2, 0.25) is 0 Å². The van der Waals surface area contributed by atoms with E-state index in [1.165, 1.54) is 4.68 Å². The van der Waals surface area contributed by atoms with Crippen LogP contribution in [-0.2, 0) is 17.9 Å². The molecule has 1 aromatic heterocycles. The first-order valence-electron chi connectivity index (χ1n) is 4.41. The number of hydrogen-bond acceptors (Lipinski definition) is 4. The molecule has 0 aliphatic carbocycles. The Morgan fingerprint density at radius 2 is 2.43 bits per heavy atom. The second-order valence-corrected chi connectivity index (χ2v) is 2.97. The highest BCUT2D eigenvalue weighted by Crippen LogP contribution is 1.94. The molecule has 6 heteroatoms. The number of aromatic nitrogens is 3. The minimum absolute atomic E-state index is 0.0260. The summed E-state index contributed by atoms with van der Waals surface area (Å²) in [6.45, 7) is 2.58. The zero-order valence-corrected chi connectivity index (χ0v) is 8.34. The number of carbonyl (C=O) groups excluding carboxylic acids is 1. The number of carbonyl (C=O) groups is 1. The molecule has 0 saturated heterocycles. The number of rotatable bonds is 4. The normalized spacial score (nSPS) is 10.2. The summed E-state index contributed by atoms with van der Waals surface area (Å²) >= 11 is 0. The van der Waals surface area contributed by atoms with E-state index in [0.29, 0.717) is 12.2 Å². The quantitative estimate of drug-likeness (QED) is 0.691. The average molecular weight is 198 g/mol. The standard InChI is InChI=1S/C8H14N4O2/c1-3-11(2)8(14)5-12-4-7(6-13)9-10-12/h4,13H,3,5-6H2,1-2H3. The smallest absolute Gasteiger partial charge is 0.244 e. The van der Waals surface area contributed by atoms with E-state index in [2.05, 4.69) is 10.3 Å². The lowest BCUT2D eigenvalue weighted by Gasteiger charge is -2.13. The third kappa shape index (κ3) is 2.53. The van der Waals surface area contributed by atoms with E-state index in [1.807, 2.05) is 6.92 Å². The van der Waals surface area contributed by atoms with E-state index >= 15 is 0 Å². The Bertz CT molecular complexity index is 310. The predicted octanol–water partition coefficient (Wildman–Crippen LogP) is -0.751. The summed E-state index contributed by atoms with van der Waals surface area (Å²) in [6.07, 6.45) is 1.56. The molecule has 1 amide bonds. The summed E-state index contributed by atoms with van der Waals surface area (Å²) in [5.41, 5.74) is 0.469. The van der Waals surface area contributed by atoms with Gasteiger partial charge in [-0.25, -0.2) is 4.68 Å². The van der Waals surface area contributed by atoms with Crippen LogP contribution in [0.25, 0.3) is 0 Å². The second kappa shape index (κ2) is 4.71. The van der Waals surface area contributed by atoms with Crippen molar-refractivity contribution in [3.8, 4) is 0 Å². The lowest BCUT2D eigenvalue weighted by Crippen LogP contribution is -2.30. The maximum atomic E-state index is 11.4. The van der Waals surface area contributed by atoms with Crippen LogP contribution in [0.4, 0.5) is 0 Å². The van der Waals surface area contributed by atoms with Crippen molar-refractivity contribution in [3.05, 3.63) is 11.9 Å². The van der Waals surface area contributed by atoms with Crippen molar-refractivity contribution in [1.29, 1.82) is 0 Å². The molecule has 0 saturated carbocycles. The van der Waals surface area contributed by atoms with Gasteiger partial charge in [-0.2, -0.15) is 0 Å². The highest BCUT2D eigenvalue weighted by Gasteiger charge is 2.08. The van der Waals surface area contributed by atoms with Gasteiger partial charge in [0, 0.05) is 13.6 Å². The molecule has 0 aliphatic heterocycles. The van der Waals surface area contributed by atoms with Gasteiger partial charge < -0.3 is 10.0 Å². The largest absolute Gasteiger partial charge is 0.390 e. The van der Waals surface area contributed by atoms with Crippen LogP contribution in [0.1, 0.15) is 12.6 Å². The minimum Gasteiger partial charge on any atom is -0.390 e. The molecule has 14 heavy (non-hydrogen) atoms. The Kier molecular flexibility index (Phi) is 3.58. The molecule has 0 unspecified atom stereocenters. The van der Waals surface area contributed by atoms with E-state index in [0.717, 1.165) is 0 Å². The molecule has 0 radical (unpaired) electrons. The zero-order valence-electron chi connectivity index (χ0n) is 8.34. The van der Waals surface area contributed by atoms with Gasteiger partial charge in [0.25, 0.3) is 0 Å². The lowest BCUT2D eigenvalue weighted by atomic mass is 10.5. The Morgan fingerprint density at radius 3 is 2.93 bits per heavy atom. The third-order valence-electron chi connectivity index (χ3n) is 1.95. The van der Waals surface area contributed by atoms with Crippen molar-refractivity contribution < 1.29 is 9.90 Å². The Hall–Kier alpha value is -1.43. The van der Waals surface area contributed by atoms with Crippen molar-refractivity contribution >= 4 is 5.91 Å². The minimum atomic E-state index is -0.155. The predicted molar refractivity (Wildman–Crippen MR) is 49.3 cm³/mol. The summed E-state index contributed by atoms with van der Waals surface area (Å²) < 4.78 is 1.42. The molecule has 1 heterocycles. The second-order valence-electron chi connectivity index (χ2n) is 2.97. The molecule has 1 aromatic rings. The highest BCUT2D eigenvalue weighted by molar-refractivity contribution is 5.75. The molecule has 0 bridgehead atoms. The average Bonchev–Trinajstić information content (AvgIpc) is 2.64. The maximum absolute atomic E-state index is 11.4. The molecule has 6 nitrogen and oxygen atoms in total. The van der Waals surface area contributed by atoms with Crippen molar-refractivity contribution in [1.82, 2.24) is 19.9 Å². The van der Waals surface area contributed by atoms with Crippen LogP contribution in [0.5, 0.6) is 0 Å². The zero-order chi connectivity index (χ0) is 10.6. The monoisotopic (exact) mass is 198 g/mol. The summed E-state index contributed by atoms with van der Waals surface area (Å²) in [6, 6.07) is 0. The summed E-state index contributed by atoms with van der Waals surface area (Å²) in [5, 5.41) is 16.1. The van der Waals surface area contributed by atoms with E-state index in [1.54, 1.807) is 18.1 Å². The molecule has 0 aliphatic rings. The number of likely N-dealkylation sites (N-methyl/N-ethyl adjacent to an activating group) is 1. The number of nitrogens with zero attached hydrogens (tertiary/aromatic N) is 4. The summed E-state index contributed by atoms with van der Waals surface area (Å²) in [5.74, 6) is -0.0260. The number of amides is 1. The van der Waals surface area contributed by atoms with Gasteiger partial charge in [-0.05, 0) is 6.92 Å². The van der Waals surface area contributed by atoms with Gasteiger partial charge in [0.15, 0.2) is 0 Å². The fraction of sp³-hybridized carbons (Fsp3) is 0.625. The fourth-order valence-electron chi connectivity index (χ4n) is 0.924. The molecule has 1 N–H and O–H groups in total. The van der Waals surface area contributed by atoms with E-state index in [9.17, 15) is 4.79 Å². The number of aliphatic hydroxyl groups excluding tert-OH is 1. The molecule has 0 spiro atoms. The Balaban J connectivity index is 2.56. The fourth-order valence-corrected chi connectivity index (χ4v) is 0.924. The van der Waals surface area contributed by atoms with Gasteiger partial charge in [-0.3, -0.25) is 4.79 Å². The van der Waals surface area contributed by atoms with Crippen LogP contribution in [0.3, 0.4) is 0 Å². The van der Waals surface area contributed by atoms with Crippen molar-refractivity contribution in [2.45, 2.75) is 20.1 Å². The number of hydrogen-bond donors (Lipinski definition) is 1.